The van der Waals surface area contributed by atoms with Crippen LogP contribution in [0, 0.1) is 5.92 Å². The molecule has 2 saturated carbocycles. The maximum absolute atomic E-state index is 12.8. The van der Waals surface area contributed by atoms with Gasteiger partial charge in [-0.1, -0.05) is 6.42 Å². The first kappa shape index (κ1) is 14.1. The fourth-order valence-corrected chi connectivity index (χ4v) is 3.84. The summed E-state index contributed by atoms with van der Waals surface area (Å²) in [4.78, 5) is 14.7. The van der Waals surface area contributed by atoms with E-state index in [0.717, 1.165) is 23.0 Å². The fourth-order valence-electron chi connectivity index (χ4n) is 3.41. The van der Waals surface area contributed by atoms with Crippen molar-refractivity contribution in [3.05, 3.63) is 22.4 Å². The fraction of sp³-hybridized carbons (Fsp3) is 0.667. The van der Waals surface area contributed by atoms with Crippen molar-refractivity contribution < 1.29 is 4.79 Å². The van der Waals surface area contributed by atoms with E-state index >= 15 is 0 Å². The van der Waals surface area contributed by atoms with E-state index < -0.39 is 0 Å². The van der Waals surface area contributed by atoms with Crippen LogP contribution in [0.1, 0.15) is 48.6 Å². The number of nitrogens with zero attached hydrogens (tertiary/aromatic N) is 2. The number of hydrogen-bond donors (Lipinski definition) is 1. The molecule has 5 heteroatoms. The van der Waals surface area contributed by atoms with Crippen molar-refractivity contribution in [2.45, 2.75) is 44.2 Å². The monoisotopic (exact) mass is 339 g/mol. The lowest BCUT2D eigenvalue weighted by Crippen LogP contribution is -2.42. The highest BCUT2D eigenvalue weighted by atomic mass is 79.9. The predicted molar refractivity (Wildman–Crippen MR) is 82.7 cm³/mol. The van der Waals surface area contributed by atoms with Gasteiger partial charge in [-0.3, -0.25) is 4.79 Å². The Morgan fingerprint density at radius 2 is 2.20 bits per heavy atom. The molecule has 2 aliphatic carbocycles. The van der Waals surface area contributed by atoms with Crippen LogP contribution in [-0.4, -0.2) is 35.0 Å². The molecule has 0 aliphatic heterocycles. The van der Waals surface area contributed by atoms with Crippen molar-refractivity contribution in [3.8, 4) is 0 Å². The highest BCUT2D eigenvalue weighted by Crippen LogP contribution is 2.38. The lowest BCUT2D eigenvalue weighted by molar-refractivity contribution is 0.0688. The van der Waals surface area contributed by atoms with Gasteiger partial charge in [-0.25, -0.2) is 0 Å². The molecule has 110 valence electrons. The molecule has 1 amide bonds. The molecule has 3 rings (SSSR count). The molecule has 0 aromatic carbocycles. The zero-order chi connectivity index (χ0) is 14.3. The molecular formula is C15H22BrN3O. The summed E-state index contributed by atoms with van der Waals surface area (Å²) >= 11 is 3.49. The van der Waals surface area contributed by atoms with E-state index in [2.05, 4.69) is 20.5 Å². The maximum Gasteiger partial charge on any atom is 0.270 e. The molecule has 1 aromatic rings. The van der Waals surface area contributed by atoms with Gasteiger partial charge < -0.3 is 15.2 Å². The second-order valence-corrected chi connectivity index (χ2v) is 7.01. The predicted octanol–water partition coefficient (Wildman–Crippen LogP) is 2.78. The molecule has 20 heavy (non-hydrogen) atoms. The van der Waals surface area contributed by atoms with E-state index in [1.165, 1.54) is 19.3 Å². The van der Waals surface area contributed by atoms with Gasteiger partial charge in [0.25, 0.3) is 5.91 Å². The highest BCUT2D eigenvalue weighted by molar-refractivity contribution is 9.10. The minimum atomic E-state index is 0.132. The number of hydrogen-bond acceptors (Lipinski definition) is 2. The Morgan fingerprint density at radius 3 is 2.85 bits per heavy atom. The third-order valence-corrected chi connectivity index (χ3v) is 5.15. The Balaban J connectivity index is 1.81. The molecule has 2 aliphatic rings. The summed E-state index contributed by atoms with van der Waals surface area (Å²) in [6.45, 7) is 0.676. The number of carbonyl (C=O) groups excluding carboxylic acids is 1. The van der Waals surface area contributed by atoms with Gasteiger partial charge in [0.1, 0.15) is 5.69 Å². The number of halogens is 1. The van der Waals surface area contributed by atoms with Crippen LogP contribution in [-0.2, 0) is 0 Å². The molecule has 2 fully saturated rings. The Morgan fingerprint density at radius 1 is 1.45 bits per heavy atom. The third-order valence-electron chi connectivity index (χ3n) is 4.71. The minimum absolute atomic E-state index is 0.132. The molecule has 0 radical (unpaired) electrons. The standard InChI is InChI=1S/C15H22BrN3O/c1-18(13-4-2-3-10(13)8-17)15(20)14-7-11(16)9-19(14)12-5-6-12/h7,9-10,12-13H,2-6,8,17H2,1H3. The van der Waals surface area contributed by atoms with Crippen LogP contribution < -0.4 is 5.73 Å². The summed E-state index contributed by atoms with van der Waals surface area (Å²) in [5.41, 5.74) is 6.65. The summed E-state index contributed by atoms with van der Waals surface area (Å²) in [6, 6.07) is 2.76. The summed E-state index contributed by atoms with van der Waals surface area (Å²) in [7, 11) is 1.93. The number of amides is 1. The lowest BCUT2D eigenvalue weighted by Gasteiger charge is -2.29. The summed E-state index contributed by atoms with van der Waals surface area (Å²) in [6.07, 6.45) is 7.80. The van der Waals surface area contributed by atoms with E-state index in [1.807, 2.05) is 24.2 Å². The van der Waals surface area contributed by atoms with Gasteiger partial charge in [0, 0.05) is 29.8 Å². The van der Waals surface area contributed by atoms with Crippen LogP contribution >= 0.6 is 15.9 Å². The number of aromatic nitrogens is 1. The largest absolute Gasteiger partial charge is 0.339 e. The van der Waals surface area contributed by atoms with Gasteiger partial charge in [-0.2, -0.15) is 0 Å². The van der Waals surface area contributed by atoms with Crippen LogP contribution in [0.25, 0.3) is 0 Å². The molecule has 2 N–H and O–H groups in total. The minimum Gasteiger partial charge on any atom is -0.339 e. The van der Waals surface area contributed by atoms with Gasteiger partial charge in [0.05, 0.1) is 0 Å². The van der Waals surface area contributed by atoms with Crippen LogP contribution in [0.4, 0.5) is 0 Å². The van der Waals surface area contributed by atoms with E-state index in [9.17, 15) is 4.79 Å². The van der Waals surface area contributed by atoms with E-state index in [0.29, 0.717) is 24.5 Å². The van der Waals surface area contributed by atoms with Crippen molar-refractivity contribution in [1.29, 1.82) is 0 Å². The van der Waals surface area contributed by atoms with Crippen molar-refractivity contribution in [2.24, 2.45) is 11.7 Å². The molecule has 2 atom stereocenters. The van der Waals surface area contributed by atoms with Crippen molar-refractivity contribution in [2.75, 3.05) is 13.6 Å². The number of nitrogens with two attached hydrogens (primary N) is 1. The van der Waals surface area contributed by atoms with Gasteiger partial charge in [-0.15, -0.1) is 0 Å². The maximum atomic E-state index is 12.8. The SMILES string of the molecule is CN(C(=O)c1cc(Br)cn1C1CC1)C1CCCC1CN. The smallest absolute Gasteiger partial charge is 0.270 e. The molecule has 0 bridgehead atoms. The van der Waals surface area contributed by atoms with Crippen LogP contribution in [0.3, 0.4) is 0 Å². The first-order valence-electron chi connectivity index (χ1n) is 7.46. The van der Waals surface area contributed by atoms with Crippen molar-refractivity contribution in [1.82, 2.24) is 9.47 Å². The quantitative estimate of drug-likeness (QED) is 0.916. The van der Waals surface area contributed by atoms with Gasteiger partial charge in [0.15, 0.2) is 0 Å². The first-order chi connectivity index (χ1) is 9.61. The molecule has 4 nitrogen and oxygen atoms in total. The Labute approximate surface area is 128 Å². The normalized spacial score (nSPS) is 25.9. The van der Waals surface area contributed by atoms with Gasteiger partial charge in [-0.05, 0) is 60.1 Å². The van der Waals surface area contributed by atoms with Crippen LogP contribution in [0.5, 0.6) is 0 Å². The van der Waals surface area contributed by atoms with E-state index in [1.54, 1.807) is 0 Å². The van der Waals surface area contributed by atoms with Crippen molar-refractivity contribution in [3.63, 3.8) is 0 Å². The summed E-state index contributed by atoms with van der Waals surface area (Å²) in [5.74, 6) is 0.588. The van der Waals surface area contributed by atoms with E-state index in [-0.39, 0.29) is 5.91 Å². The Kier molecular flexibility index (Phi) is 3.91. The van der Waals surface area contributed by atoms with Gasteiger partial charge >= 0.3 is 0 Å². The first-order valence-corrected chi connectivity index (χ1v) is 8.25. The second kappa shape index (κ2) is 5.53. The topological polar surface area (TPSA) is 51.3 Å². The van der Waals surface area contributed by atoms with Crippen molar-refractivity contribution >= 4 is 21.8 Å². The molecule has 2 unspecified atom stereocenters. The number of rotatable bonds is 4. The Hall–Kier alpha value is -0.810. The molecule has 0 saturated heterocycles. The van der Waals surface area contributed by atoms with E-state index in [4.69, 9.17) is 5.73 Å². The number of carbonyl (C=O) groups is 1. The molecule has 1 aromatic heterocycles. The van der Waals surface area contributed by atoms with Gasteiger partial charge in [0.2, 0.25) is 0 Å². The second-order valence-electron chi connectivity index (χ2n) is 6.09. The Bertz CT molecular complexity index is 509. The zero-order valence-electron chi connectivity index (χ0n) is 11.9. The molecular weight excluding hydrogens is 318 g/mol. The van der Waals surface area contributed by atoms with Crippen LogP contribution in [0.2, 0.25) is 0 Å². The average molecular weight is 340 g/mol. The van der Waals surface area contributed by atoms with Crippen LogP contribution in [0.15, 0.2) is 16.7 Å². The summed E-state index contributed by atoms with van der Waals surface area (Å²) in [5, 5.41) is 0. The molecule has 1 heterocycles. The highest BCUT2D eigenvalue weighted by Gasteiger charge is 2.34. The summed E-state index contributed by atoms with van der Waals surface area (Å²) < 4.78 is 3.12. The third kappa shape index (κ3) is 2.53. The average Bonchev–Trinajstić information content (AvgIpc) is 3.05. The molecule has 0 spiro atoms. The lowest BCUT2D eigenvalue weighted by atomic mass is 10.0. The zero-order valence-corrected chi connectivity index (χ0v) is 13.5.